The zero-order valence-corrected chi connectivity index (χ0v) is 19.6. The van der Waals surface area contributed by atoms with Crippen molar-refractivity contribution in [1.29, 1.82) is 5.26 Å². The van der Waals surface area contributed by atoms with E-state index in [4.69, 9.17) is 9.47 Å². The Morgan fingerprint density at radius 2 is 2.19 bits per heavy atom. The van der Waals surface area contributed by atoms with Gasteiger partial charge in [-0.3, -0.25) is 4.57 Å². The number of nitrogens with one attached hydrogen (secondary N) is 1. The van der Waals surface area contributed by atoms with Gasteiger partial charge in [-0.05, 0) is 37.6 Å². The maximum absolute atomic E-state index is 9.37. The molecule has 3 aromatic rings. The Balaban J connectivity index is 1.67. The molecular formula is C23H31N5O2Si. The average Bonchev–Trinajstić information content (AvgIpc) is 3.08. The molecule has 1 saturated heterocycles. The minimum atomic E-state index is -1.16. The number of nitrogens with zero attached hydrogens (tertiary/aromatic N) is 4. The van der Waals surface area contributed by atoms with Crippen LogP contribution in [0.1, 0.15) is 18.5 Å². The lowest BCUT2D eigenvalue weighted by Gasteiger charge is -2.23. The third kappa shape index (κ3) is 5.06. The highest BCUT2D eigenvalue weighted by molar-refractivity contribution is 6.76. The second kappa shape index (κ2) is 9.35. The van der Waals surface area contributed by atoms with E-state index < -0.39 is 8.07 Å². The van der Waals surface area contributed by atoms with Crippen LogP contribution < -0.4 is 10.1 Å². The Bertz CT molecular complexity index is 1090. The van der Waals surface area contributed by atoms with Crippen molar-refractivity contribution in [1.82, 2.24) is 19.9 Å². The first-order valence-corrected chi connectivity index (χ1v) is 14.8. The molecule has 1 unspecified atom stereocenters. The highest BCUT2D eigenvalue weighted by Crippen LogP contribution is 2.35. The molecule has 1 aliphatic rings. The van der Waals surface area contributed by atoms with E-state index in [1.807, 2.05) is 16.7 Å². The van der Waals surface area contributed by atoms with Crippen LogP contribution >= 0.6 is 0 Å². The predicted octanol–water partition coefficient (Wildman–Crippen LogP) is 4.15. The van der Waals surface area contributed by atoms with E-state index in [9.17, 15) is 5.26 Å². The summed E-state index contributed by atoms with van der Waals surface area (Å²) in [6.45, 7) is 10.9. The molecule has 1 fully saturated rings. The Morgan fingerprint density at radius 3 is 2.94 bits per heavy atom. The maximum Gasteiger partial charge on any atom is 0.146 e. The van der Waals surface area contributed by atoms with Crippen molar-refractivity contribution < 1.29 is 9.47 Å². The van der Waals surface area contributed by atoms with Gasteiger partial charge in [0.15, 0.2) is 0 Å². The number of fused-ring (bicyclic) bond motifs is 3. The largest absolute Gasteiger partial charge is 0.492 e. The van der Waals surface area contributed by atoms with Crippen LogP contribution in [-0.2, 0) is 11.5 Å². The third-order valence-corrected chi connectivity index (χ3v) is 7.50. The van der Waals surface area contributed by atoms with E-state index in [2.05, 4.69) is 41.0 Å². The molecule has 1 atom stereocenters. The fourth-order valence-electron chi connectivity index (χ4n) is 3.99. The van der Waals surface area contributed by atoms with Gasteiger partial charge < -0.3 is 14.8 Å². The van der Waals surface area contributed by atoms with Crippen molar-refractivity contribution in [3.05, 3.63) is 30.2 Å². The monoisotopic (exact) mass is 437 g/mol. The third-order valence-electron chi connectivity index (χ3n) is 5.80. The molecule has 0 saturated carbocycles. The zero-order chi connectivity index (χ0) is 21.8. The van der Waals surface area contributed by atoms with Gasteiger partial charge in [0.1, 0.15) is 29.9 Å². The second-order valence-electron chi connectivity index (χ2n) is 9.51. The quantitative estimate of drug-likeness (QED) is 0.421. The molecule has 0 radical (unpaired) electrons. The molecule has 1 N–H and O–H groups in total. The van der Waals surface area contributed by atoms with Crippen LogP contribution in [0.15, 0.2) is 24.5 Å². The summed E-state index contributed by atoms with van der Waals surface area (Å²) < 4.78 is 14.4. The summed E-state index contributed by atoms with van der Waals surface area (Å²) in [6, 6.07) is 7.00. The SMILES string of the molecule is C[Si](C)(C)CCOCn1c2cnc(C#N)cc2c2c(OCC3CCCNC3)ccnc21. The van der Waals surface area contributed by atoms with E-state index in [0.29, 0.717) is 24.9 Å². The number of hydrogen-bond donors (Lipinski definition) is 1. The Morgan fingerprint density at radius 1 is 1.32 bits per heavy atom. The van der Waals surface area contributed by atoms with Gasteiger partial charge in [-0.2, -0.15) is 5.26 Å². The number of piperidine rings is 1. The normalized spacial score (nSPS) is 17.2. The van der Waals surface area contributed by atoms with Crippen LogP contribution in [0.3, 0.4) is 0 Å². The molecule has 0 spiro atoms. The van der Waals surface area contributed by atoms with Crippen molar-refractivity contribution in [3.63, 3.8) is 0 Å². The van der Waals surface area contributed by atoms with Crippen LogP contribution in [0.25, 0.3) is 21.9 Å². The van der Waals surface area contributed by atoms with Crippen LogP contribution in [0.5, 0.6) is 5.75 Å². The maximum atomic E-state index is 9.37. The van der Waals surface area contributed by atoms with Crippen LogP contribution in [0.4, 0.5) is 0 Å². The minimum absolute atomic E-state index is 0.387. The molecule has 3 aromatic heterocycles. The van der Waals surface area contributed by atoms with E-state index in [-0.39, 0.29) is 0 Å². The van der Waals surface area contributed by atoms with Crippen molar-refractivity contribution in [2.75, 3.05) is 26.3 Å². The molecule has 31 heavy (non-hydrogen) atoms. The van der Waals surface area contributed by atoms with Gasteiger partial charge in [0, 0.05) is 38.7 Å². The van der Waals surface area contributed by atoms with Crippen molar-refractivity contribution in [2.45, 2.75) is 45.3 Å². The average molecular weight is 438 g/mol. The molecule has 4 rings (SSSR count). The number of aromatic nitrogens is 3. The summed E-state index contributed by atoms with van der Waals surface area (Å²) in [4.78, 5) is 8.94. The number of ether oxygens (including phenoxy) is 2. The van der Waals surface area contributed by atoms with E-state index in [1.54, 1.807) is 12.4 Å². The second-order valence-corrected chi connectivity index (χ2v) is 15.1. The van der Waals surface area contributed by atoms with E-state index >= 15 is 0 Å². The van der Waals surface area contributed by atoms with Gasteiger partial charge in [0.25, 0.3) is 0 Å². The summed E-state index contributed by atoms with van der Waals surface area (Å²) in [5, 5.41) is 14.7. The summed E-state index contributed by atoms with van der Waals surface area (Å²) in [5.74, 6) is 1.31. The molecule has 0 amide bonds. The lowest BCUT2D eigenvalue weighted by molar-refractivity contribution is 0.0925. The highest BCUT2D eigenvalue weighted by atomic mass is 28.3. The van der Waals surface area contributed by atoms with Gasteiger partial charge in [0.2, 0.25) is 0 Å². The summed E-state index contributed by atoms with van der Waals surface area (Å²) in [5.41, 5.74) is 2.10. The topological polar surface area (TPSA) is 85.0 Å². The molecule has 8 heteroatoms. The van der Waals surface area contributed by atoms with Gasteiger partial charge in [-0.1, -0.05) is 19.6 Å². The summed E-state index contributed by atoms with van der Waals surface area (Å²) >= 11 is 0. The van der Waals surface area contributed by atoms with Crippen molar-refractivity contribution >= 4 is 30.0 Å². The smallest absolute Gasteiger partial charge is 0.146 e. The predicted molar refractivity (Wildman–Crippen MR) is 125 cm³/mol. The first kappa shape index (κ1) is 21.7. The molecule has 164 valence electrons. The lowest BCUT2D eigenvalue weighted by Crippen LogP contribution is -2.33. The van der Waals surface area contributed by atoms with Crippen molar-refractivity contribution in [2.24, 2.45) is 5.92 Å². The van der Waals surface area contributed by atoms with Gasteiger partial charge in [-0.15, -0.1) is 0 Å². The van der Waals surface area contributed by atoms with Crippen LogP contribution in [0.2, 0.25) is 25.7 Å². The first-order chi connectivity index (χ1) is 15.0. The molecule has 0 aliphatic carbocycles. The fourth-order valence-corrected chi connectivity index (χ4v) is 4.75. The Kier molecular flexibility index (Phi) is 6.56. The van der Waals surface area contributed by atoms with Gasteiger partial charge >= 0.3 is 0 Å². The minimum Gasteiger partial charge on any atom is -0.492 e. The van der Waals surface area contributed by atoms with E-state index in [1.165, 1.54) is 12.8 Å². The molecule has 0 bridgehead atoms. The molecular weight excluding hydrogens is 406 g/mol. The van der Waals surface area contributed by atoms with E-state index in [0.717, 1.165) is 53.4 Å². The molecule has 4 heterocycles. The van der Waals surface area contributed by atoms with Crippen LogP contribution in [-0.4, -0.2) is 48.9 Å². The lowest BCUT2D eigenvalue weighted by atomic mass is 10.0. The van der Waals surface area contributed by atoms with Gasteiger partial charge in [-0.25, -0.2) is 9.97 Å². The Labute approximate surface area is 184 Å². The standard InChI is InChI=1S/C23H31N5O2Si/c1-31(2,3)10-9-29-16-28-20-14-27-18(12-24)11-19(20)22-21(6-8-26-23(22)28)30-15-17-5-4-7-25-13-17/h6,8,11,14,17,25H,4-5,7,9-10,13,15-16H2,1-3H3. The zero-order valence-electron chi connectivity index (χ0n) is 18.6. The number of rotatable bonds is 8. The number of hydrogen-bond acceptors (Lipinski definition) is 6. The highest BCUT2D eigenvalue weighted by Gasteiger charge is 2.20. The number of pyridine rings is 2. The first-order valence-electron chi connectivity index (χ1n) is 11.0. The summed E-state index contributed by atoms with van der Waals surface area (Å²) in [7, 11) is -1.16. The fraction of sp³-hybridized carbons (Fsp3) is 0.522. The molecule has 0 aromatic carbocycles. The Hall–Kier alpha value is -2.47. The molecule has 7 nitrogen and oxygen atoms in total. The molecule has 1 aliphatic heterocycles. The number of nitriles is 1. The van der Waals surface area contributed by atoms with Gasteiger partial charge in [0.05, 0.1) is 23.7 Å². The van der Waals surface area contributed by atoms with Crippen LogP contribution in [0, 0.1) is 17.2 Å². The summed E-state index contributed by atoms with van der Waals surface area (Å²) in [6.07, 6.45) is 5.89. The van der Waals surface area contributed by atoms with Crippen molar-refractivity contribution in [3.8, 4) is 11.8 Å².